The Hall–Kier alpha value is -3.31. The van der Waals surface area contributed by atoms with Crippen molar-refractivity contribution in [1.29, 1.82) is 0 Å². The van der Waals surface area contributed by atoms with E-state index in [1.165, 1.54) is 0 Å². The number of nitrogens with zero attached hydrogens (tertiary/aromatic N) is 1. The van der Waals surface area contributed by atoms with Gasteiger partial charge < -0.3 is 19.7 Å². The summed E-state index contributed by atoms with van der Waals surface area (Å²) in [6, 6.07) is 23.8. The van der Waals surface area contributed by atoms with Gasteiger partial charge in [0.15, 0.2) is 0 Å². The van der Waals surface area contributed by atoms with E-state index < -0.39 is 0 Å². The van der Waals surface area contributed by atoms with Gasteiger partial charge in [-0.1, -0.05) is 62.4 Å². The van der Waals surface area contributed by atoms with E-state index in [9.17, 15) is 4.79 Å². The van der Waals surface area contributed by atoms with Crippen molar-refractivity contribution in [3.05, 3.63) is 89.5 Å². The Bertz CT molecular complexity index is 1040. The molecule has 5 nitrogen and oxygen atoms in total. The number of hydrogen-bond acceptors (Lipinski definition) is 4. The zero-order valence-corrected chi connectivity index (χ0v) is 18.7. The summed E-state index contributed by atoms with van der Waals surface area (Å²) in [5, 5.41) is 3.13. The lowest BCUT2D eigenvalue weighted by Gasteiger charge is -2.30. The van der Waals surface area contributed by atoms with Gasteiger partial charge in [0.05, 0.1) is 30.2 Å². The van der Waals surface area contributed by atoms with E-state index in [0.717, 1.165) is 35.6 Å². The summed E-state index contributed by atoms with van der Waals surface area (Å²) in [4.78, 5) is 15.7. The van der Waals surface area contributed by atoms with Gasteiger partial charge in [0, 0.05) is 13.1 Å². The van der Waals surface area contributed by atoms with Crippen LogP contribution in [0.1, 0.15) is 41.3 Å². The number of anilines is 2. The number of ether oxygens (including phenoxy) is 2. The number of benzene rings is 3. The highest BCUT2D eigenvalue weighted by atomic mass is 16.5. The van der Waals surface area contributed by atoms with Crippen molar-refractivity contribution in [3.8, 4) is 5.75 Å². The van der Waals surface area contributed by atoms with Crippen LogP contribution < -0.4 is 15.0 Å². The molecule has 5 heteroatoms. The molecule has 4 rings (SSSR count). The molecule has 1 aliphatic rings. The second-order valence-electron chi connectivity index (χ2n) is 8.26. The molecule has 166 valence electrons. The van der Waals surface area contributed by atoms with E-state index in [1.54, 1.807) is 0 Å². The molecule has 1 heterocycles. The Kier molecular flexibility index (Phi) is 7.07. The molecular formula is C27H30N2O3. The minimum atomic E-state index is -0.170. The number of carbonyl (C=O) groups is 1. The zero-order valence-electron chi connectivity index (χ0n) is 18.7. The van der Waals surface area contributed by atoms with Gasteiger partial charge in [-0.15, -0.1) is 0 Å². The van der Waals surface area contributed by atoms with E-state index in [0.29, 0.717) is 37.1 Å². The smallest absolute Gasteiger partial charge is 0.259 e. The van der Waals surface area contributed by atoms with Crippen LogP contribution in [0.5, 0.6) is 5.75 Å². The Balaban J connectivity index is 1.59. The molecule has 0 saturated carbocycles. The van der Waals surface area contributed by atoms with Crippen LogP contribution in [0.25, 0.3) is 0 Å². The summed E-state index contributed by atoms with van der Waals surface area (Å²) < 4.78 is 11.6. The monoisotopic (exact) mass is 430 g/mol. The maximum atomic E-state index is 13.4. The second-order valence-corrected chi connectivity index (χ2v) is 8.26. The Morgan fingerprint density at radius 2 is 1.72 bits per heavy atom. The third-order valence-electron chi connectivity index (χ3n) is 5.66. The Morgan fingerprint density at radius 3 is 2.47 bits per heavy atom. The van der Waals surface area contributed by atoms with E-state index in [1.807, 2.05) is 72.8 Å². The van der Waals surface area contributed by atoms with Crippen molar-refractivity contribution in [3.63, 3.8) is 0 Å². The molecule has 3 aromatic rings. The topological polar surface area (TPSA) is 50.8 Å². The van der Waals surface area contributed by atoms with E-state index in [2.05, 4.69) is 24.1 Å². The van der Waals surface area contributed by atoms with Crippen LogP contribution in [0.4, 0.5) is 11.4 Å². The zero-order chi connectivity index (χ0) is 22.3. The standard InChI is InChI=1S/C27H30N2O3/c1-20(2)22-12-13-26(32-19-21-8-4-3-5-9-21)23(18-22)27(30)28-24-10-6-7-11-25(24)29-14-16-31-17-15-29/h3-13,18,20H,14-17,19H2,1-2H3,(H,28,30). The van der Waals surface area contributed by atoms with Gasteiger partial charge >= 0.3 is 0 Å². The fourth-order valence-corrected chi connectivity index (χ4v) is 3.79. The number of amides is 1. The number of carbonyl (C=O) groups excluding carboxylic acids is 1. The average molecular weight is 431 g/mol. The first-order chi connectivity index (χ1) is 15.6. The van der Waals surface area contributed by atoms with Gasteiger partial charge in [0.1, 0.15) is 12.4 Å². The molecule has 1 amide bonds. The molecule has 32 heavy (non-hydrogen) atoms. The highest BCUT2D eigenvalue weighted by Gasteiger charge is 2.19. The first-order valence-electron chi connectivity index (χ1n) is 11.2. The van der Waals surface area contributed by atoms with Gasteiger partial charge in [0.25, 0.3) is 5.91 Å². The lowest BCUT2D eigenvalue weighted by atomic mass is 9.99. The van der Waals surface area contributed by atoms with Crippen LogP contribution in [0, 0.1) is 0 Å². The number of morpholine rings is 1. The average Bonchev–Trinajstić information content (AvgIpc) is 2.84. The predicted molar refractivity (Wildman–Crippen MR) is 129 cm³/mol. The molecule has 0 spiro atoms. The van der Waals surface area contributed by atoms with Gasteiger partial charge in [-0.25, -0.2) is 0 Å². The maximum Gasteiger partial charge on any atom is 0.259 e. The second kappa shape index (κ2) is 10.3. The Morgan fingerprint density at radius 1 is 1.00 bits per heavy atom. The first-order valence-corrected chi connectivity index (χ1v) is 11.2. The molecule has 1 N–H and O–H groups in total. The van der Waals surface area contributed by atoms with Gasteiger partial charge in [-0.3, -0.25) is 4.79 Å². The van der Waals surface area contributed by atoms with Gasteiger partial charge in [0.2, 0.25) is 0 Å². The molecule has 1 aliphatic heterocycles. The van der Waals surface area contributed by atoms with Crippen LogP contribution >= 0.6 is 0 Å². The maximum absolute atomic E-state index is 13.4. The first kappa shape index (κ1) is 21.9. The summed E-state index contributed by atoms with van der Waals surface area (Å²) in [5.74, 6) is 0.723. The highest BCUT2D eigenvalue weighted by Crippen LogP contribution is 2.30. The third-order valence-corrected chi connectivity index (χ3v) is 5.66. The van der Waals surface area contributed by atoms with Crippen molar-refractivity contribution in [2.45, 2.75) is 26.4 Å². The fourth-order valence-electron chi connectivity index (χ4n) is 3.79. The number of rotatable bonds is 7. The van der Waals surface area contributed by atoms with Crippen molar-refractivity contribution < 1.29 is 14.3 Å². The van der Waals surface area contributed by atoms with Crippen LogP contribution in [-0.2, 0) is 11.3 Å². The number of para-hydroxylation sites is 2. The summed E-state index contributed by atoms with van der Waals surface area (Å²) >= 11 is 0. The summed E-state index contributed by atoms with van der Waals surface area (Å²) in [6.45, 7) is 7.64. The lowest BCUT2D eigenvalue weighted by molar-refractivity contribution is 0.102. The van der Waals surface area contributed by atoms with Crippen LogP contribution in [0.3, 0.4) is 0 Å². The summed E-state index contributed by atoms with van der Waals surface area (Å²) in [6.07, 6.45) is 0. The lowest BCUT2D eigenvalue weighted by Crippen LogP contribution is -2.36. The predicted octanol–water partition coefficient (Wildman–Crippen LogP) is 5.48. The van der Waals surface area contributed by atoms with Crippen molar-refractivity contribution in [2.75, 3.05) is 36.5 Å². The van der Waals surface area contributed by atoms with Crippen LogP contribution in [-0.4, -0.2) is 32.2 Å². The van der Waals surface area contributed by atoms with E-state index in [4.69, 9.17) is 9.47 Å². The SMILES string of the molecule is CC(C)c1ccc(OCc2ccccc2)c(C(=O)Nc2ccccc2N2CCOCC2)c1. The number of hydrogen-bond donors (Lipinski definition) is 1. The molecule has 0 atom stereocenters. The Labute approximate surface area is 190 Å². The summed E-state index contributed by atoms with van der Waals surface area (Å²) in [5.41, 5.74) is 4.51. The van der Waals surface area contributed by atoms with Crippen molar-refractivity contribution in [1.82, 2.24) is 0 Å². The van der Waals surface area contributed by atoms with E-state index in [-0.39, 0.29) is 5.91 Å². The minimum absolute atomic E-state index is 0.170. The largest absolute Gasteiger partial charge is 0.488 e. The van der Waals surface area contributed by atoms with Gasteiger partial charge in [-0.05, 0) is 41.3 Å². The minimum Gasteiger partial charge on any atom is -0.488 e. The van der Waals surface area contributed by atoms with Gasteiger partial charge in [-0.2, -0.15) is 0 Å². The normalized spacial score (nSPS) is 13.8. The molecule has 0 aromatic heterocycles. The molecule has 0 radical (unpaired) electrons. The quantitative estimate of drug-likeness (QED) is 0.539. The van der Waals surface area contributed by atoms with Crippen LogP contribution in [0.15, 0.2) is 72.8 Å². The van der Waals surface area contributed by atoms with E-state index >= 15 is 0 Å². The fraction of sp³-hybridized carbons (Fsp3) is 0.296. The third kappa shape index (κ3) is 5.29. The molecule has 0 bridgehead atoms. The molecule has 1 fully saturated rings. The molecule has 0 unspecified atom stereocenters. The number of nitrogens with one attached hydrogen (secondary N) is 1. The molecule has 0 aliphatic carbocycles. The molecule has 1 saturated heterocycles. The van der Waals surface area contributed by atoms with Crippen molar-refractivity contribution in [2.24, 2.45) is 0 Å². The van der Waals surface area contributed by atoms with Crippen LogP contribution in [0.2, 0.25) is 0 Å². The summed E-state index contributed by atoms with van der Waals surface area (Å²) in [7, 11) is 0. The molecule has 3 aromatic carbocycles. The highest BCUT2D eigenvalue weighted by molar-refractivity contribution is 6.07. The van der Waals surface area contributed by atoms with Crippen molar-refractivity contribution >= 4 is 17.3 Å². The molecular weight excluding hydrogens is 400 g/mol.